The van der Waals surface area contributed by atoms with Crippen molar-refractivity contribution in [2.45, 2.75) is 13.0 Å². The highest BCUT2D eigenvalue weighted by Gasteiger charge is 2.18. The van der Waals surface area contributed by atoms with Crippen LogP contribution in [0.25, 0.3) is 0 Å². The van der Waals surface area contributed by atoms with Gasteiger partial charge in [0.15, 0.2) is 4.77 Å². The van der Waals surface area contributed by atoms with Gasteiger partial charge in [0.1, 0.15) is 0 Å². The lowest BCUT2D eigenvalue weighted by Gasteiger charge is -2.28. The molecule has 7 heteroatoms. The van der Waals surface area contributed by atoms with E-state index in [0.29, 0.717) is 18.0 Å². The van der Waals surface area contributed by atoms with Gasteiger partial charge >= 0.3 is 0 Å². The van der Waals surface area contributed by atoms with Crippen molar-refractivity contribution in [1.29, 1.82) is 0 Å². The van der Waals surface area contributed by atoms with Gasteiger partial charge in [-0.1, -0.05) is 0 Å². The third kappa shape index (κ3) is 3.52. The van der Waals surface area contributed by atoms with Crippen molar-refractivity contribution in [1.82, 2.24) is 14.8 Å². The molecule has 1 aromatic heterocycles. The molecule has 6 nitrogen and oxygen atoms in total. The van der Waals surface area contributed by atoms with Crippen molar-refractivity contribution in [3.63, 3.8) is 0 Å². The van der Waals surface area contributed by atoms with E-state index in [9.17, 15) is 0 Å². The molecular formula is C10H20N4O2S. The van der Waals surface area contributed by atoms with Crippen LogP contribution in [0.3, 0.4) is 0 Å². The number of anilines is 1. The molecule has 0 aliphatic carbocycles. The summed E-state index contributed by atoms with van der Waals surface area (Å²) in [5, 5.41) is 7.02. The molecule has 0 saturated carbocycles. The molecule has 0 amide bonds. The predicted molar refractivity (Wildman–Crippen MR) is 69.0 cm³/mol. The van der Waals surface area contributed by atoms with Crippen LogP contribution in [0, 0.1) is 4.77 Å². The number of methoxy groups -OCH3 is 2. The number of hydrogen-bond acceptors (Lipinski definition) is 5. The Hall–Kier alpha value is -0.920. The van der Waals surface area contributed by atoms with Crippen molar-refractivity contribution in [3.8, 4) is 0 Å². The summed E-state index contributed by atoms with van der Waals surface area (Å²) in [6.45, 7) is 4.09. The average molecular weight is 260 g/mol. The molecule has 0 aromatic carbocycles. The highest BCUT2D eigenvalue weighted by atomic mass is 32.1. The molecule has 0 saturated heterocycles. The maximum absolute atomic E-state index is 5.18. The number of nitrogens with one attached hydrogen (secondary N) is 1. The highest BCUT2D eigenvalue weighted by Crippen LogP contribution is 2.13. The second kappa shape index (κ2) is 6.73. The van der Waals surface area contributed by atoms with Gasteiger partial charge in [-0.05, 0) is 19.1 Å². The van der Waals surface area contributed by atoms with E-state index in [2.05, 4.69) is 22.0 Å². The van der Waals surface area contributed by atoms with Gasteiger partial charge in [0.05, 0.1) is 19.3 Å². The first-order valence-corrected chi connectivity index (χ1v) is 5.88. The van der Waals surface area contributed by atoms with Gasteiger partial charge in [-0.25, -0.2) is 5.10 Å². The molecule has 17 heavy (non-hydrogen) atoms. The van der Waals surface area contributed by atoms with Crippen LogP contribution in [0.1, 0.15) is 6.92 Å². The summed E-state index contributed by atoms with van der Waals surface area (Å²) in [6, 6.07) is 0.207. The second-order valence-corrected chi connectivity index (χ2v) is 4.27. The quantitative estimate of drug-likeness (QED) is 0.740. The van der Waals surface area contributed by atoms with E-state index >= 15 is 0 Å². The Morgan fingerprint density at radius 2 is 2.18 bits per heavy atom. The van der Waals surface area contributed by atoms with E-state index in [1.54, 1.807) is 14.2 Å². The van der Waals surface area contributed by atoms with Crippen LogP contribution in [0.4, 0.5) is 5.95 Å². The number of H-pyrrole nitrogens is 1. The second-order valence-electron chi connectivity index (χ2n) is 3.88. The number of aromatic amines is 1. The molecule has 0 aliphatic heterocycles. The van der Waals surface area contributed by atoms with Gasteiger partial charge in [-0.2, -0.15) is 0 Å². The Kier molecular flexibility index (Phi) is 5.60. The first-order valence-electron chi connectivity index (χ1n) is 5.47. The largest absolute Gasteiger partial charge is 0.383 e. The van der Waals surface area contributed by atoms with Crippen LogP contribution >= 0.6 is 12.2 Å². The monoisotopic (exact) mass is 260 g/mol. The summed E-state index contributed by atoms with van der Waals surface area (Å²) in [4.78, 5) is 2.11. The molecule has 1 heterocycles. The molecule has 98 valence electrons. The van der Waals surface area contributed by atoms with E-state index in [1.807, 2.05) is 11.6 Å². The molecule has 0 spiro atoms. The molecule has 0 fully saturated rings. The molecule has 0 radical (unpaired) electrons. The van der Waals surface area contributed by atoms with E-state index in [0.717, 1.165) is 12.5 Å². The van der Waals surface area contributed by atoms with Crippen LogP contribution in [0.2, 0.25) is 0 Å². The van der Waals surface area contributed by atoms with Crippen LogP contribution < -0.4 is 4.90 Å². The number of hydrogen-bond donors (Lipinski definition) is 1. The third-order valence-electron chi connectivity index (χ3n) is 2.59. The summed E-state index contributed by atoms with van der Waals surface area (Å²) in [5.74, 6) is 0.802. The van der Waals surface area contributed by atoms with Crippen molar-refractivity contribution in [2.75, 3.05) is 38.9 Å². The average Bonchev–Trinajstić information content (AvgIpc) is 2.62. The summed E-state index contributed by atoms with van der Waals surface area (Å²) in [6.07, 6.45) is 0. The van der Waals surface area contributed by atoms with Crippen molar-refractivity contribution in [2.24, 2.45) is 7.05 Å². The van der Waals surface area contributed by atoms with Crippen molar-refractivity contribution >= 4 is 18.2 Å². The van der Waals surface area contributed by atoms with E-state index in [1.165, 1.54) is 0 Å². The van der Waals surface area contributed by atoms with Gasteiger partial charge in [-0.15, -0.1) is 5.10 Å². The van der Waals surface area contributed by atoms with Gasteiger partial charge in [0.2, 0.25) is 5.95 Å². The normalized spacial score (nSPS) is 12.7. The Morgan fingerprint density at radius 1 is 1.47 bits per heavy atom. The zero-order valence-electron chi connectivity index (χ0n) is 10.8. The van der Waals surface area contributed by atoms with E-state index in [4.69, 9.17) is 21.7 Å². The number of nitrogens with zero attached hydrogens (tertiary/aromatic N) is 3. The first kappa shape index (κ1) is 14.1. The lowest BCUT2D eigenvalue weighted by atomic mass is 10.3. The maximum Gasteiger partial charge on any atom is 0.225 e. The standard InChI is InChI=1S/C10H20N4O2S/c1-8(7-16-4)14(5-6-15-3)9-11-12-10(17)13(9)2/h8H,5-7H2,1-4H3,(H,12,17). The maximum atomic E-state index is 5.18. The molecular weight excluding hydrogens is 240 g/mol. The summed E-state index contributed by atoms with van der Waals surface area (Å²) in [5.41, 5.74) is 0. The molecule has 1 N–H and O–H groups in total. The van der Waals surface area contributed by atoms with Gasteiger partial charge in [-0.3, -0.25) is 4.57 Å². The fraction of sp³-hybridized carbons (Fsp3) is 0.800. The zero-order chi connectivity index (χ0) is 12.8. The molecule has 0 bridgehead atoms. The van der Waals surface area contributed by atoms with Crippen LogP contribution in [-0.2, 0) is 16.5 Å². The smallest absolute Gasteiger partial charge is 0.225 e. The minimum atomic E-state index is 0.207. The molecule has 1 unspecified atom stereocenters. The molecule has 1 aromatic rings. The predicted octanol–water partition coefficient (Wildman–Crippen LogP) is 0.965. The molecule has 0 aliphatic rings. The lowest BCUT2D eigenvalue weighted by molar-refractivity contribution is 0.170. The van der Waals surface area contributed by atoms with E-state index in [-0.39, 0.29) is 6.04 Å². The SMILES string of the molecule is COCCN(c1n[nH]c(=S)n1C)C(C)COC. The van der Waals surface area contributed by atoms with Crippen LogP contribution in [-0.4, -0.2) is 54.8 Å². The lowest BCUT2D eigenvalue weighted by Crippen LogP contribution is -2.40. The minimum absolute atomic E-state index is 0.207. The Bertz CT molecular complexity index is 390. The van der Waals surface area contributed by atoms with Crippen LogP contribution in [0.5, 0.6) is 0 Å². The van der Waals surface area contributed by atoms with Gasteiger partial charge in [0.25, 0.3) is 0 Å². The summed E-state index contributed by atoms with van der Waals surface area (Å²) < 4.78 is 12.7. The minimum Gasteiger partial charge on any atom is -0.383 e. The summed E-state index contributed by atoms with van der Waals surface area (Å²) >= 11 is 5.11. The van der Waals surface area contributed by atoms with Gasteiger partial charge < -0.3 is 14.4 Å². The Balaban J connectivity index is 2.89. The van der Waals surface area contributed by atoms with E-state index < -0.39 is 0 Å². The van der Waals surface area contributed by atoms with Crippen LogP contribution in [0.15, 0.2) is 0 Å². The molecule has 1 rings (SSSR count). The number of aromatic nitrogens is 3. The fourth-order valence-corrected chi connectivity index (χ4v) is 1.76. The molecule has 1 atom stereocenters. The van der Waals surface area contributed by atoms with Crippen molar-refractivity contribution in [3.05, 3.63) is 4.77 Å². The summed E-state index contributed by atoms with van der Waals surface area (Å²) in [7, 11) is 5.26. The first-order chi connectivity index (χ1) is 8.11. The van der Waals surface area contributed by atoms with Gasteiger partial charge in [0, 0.05) is 27.8 Å². The number of rotatable bonds is 7. The fourth-order valence-electron chi connectivity index (χ4n) is 1.63. The third-order valence-corrected chi connectivity index (χ3v) is 2.95. The highest BCUT2D eigenvalue weighted by molar-refractivity contribution is 7.71. The zero-order valence-corrected chi connectivity index (χ0v) is 11.6. The topological polar surface area (TPSA) is 55.3 Å². The Labute approximate surface area is 107 Å². The van der Waals surface area contributed by atoms with Crippen molar-refractivity contribution < 1.29 is 9.47 Å². The number of ether oxygens (including phenoxy) is 2. The Morgan fingerprint density at radius 3 is 2.65 bits per heavy atom.